The second-order valence-electron chi connectivity index (χ2n) is 6.18. The minimum absolute atomic E-state index is 0.0635. The lowest BCUT2D eigenvalue weighted by atomic mass is 10.1. The van der Waals surface area contributed by atoms with Crippen LogP contribution in [0.2, 0.25) is 0 Å². The molecule has 27 heavy (non-hydrogen) atoms. The number of carboxylic acid groups (broad SMARTS) is 1. The van der Waals surface area contributed by atoms with Crippen molar-refractivity contribution < 1.29 is 18.3 Å². The van der Waals surface area contributed by atoms with E-state index in [-0.39, 0.29) is 11.4 Å². The molecule has 2 aromatic heterocycles. The molecule has 0 aliphatic carbocycles. The van der Waals surface area contributed by atoms with Crippen LogP contribution in [0.4, 0.5) is 4.79 Å². The van der Waals surface area contributed by atoms with Gasteiger partial charge in [0.2, 0.25) is 0 Å². The molecule has 140 valence electrons. The molecule has 3 aromatic rings. The van der Waals surface area contributed by atoms with Gasteiger partial charge in [-0.25, -0.2) is 17.2 Å². The van der Waals surface area contributed by atoms with Crippen LogP contribution in [0.5, 0.6) is 0 Å². The molecule has 0 fully saturated rings. The van der Waals surface area contributed by atoms with Gasteiger partial charge in [-0.2, -0.15) is 0 Å². The van der Waals surface area contributed by atoms with Gasteiger partial charge in [-0.15, -0.1) is 0 Å². The van der Waals surface area contributed by atoms with Crippen molar-refractivity contribution in [1.29, 1.82) is 0 Å². The molecule has 0 spiro atoms. The maximum Gasteiger partial charge on any atom is 0.407 e. The number of amides is 1. The standard InChI is InChI=1S/C19H19N3O4S/c1-14-6-3-4-8-17(14)18-10-15(12-21(2)19(23)24)13-22(18)27(25,26)16-7-5-9-20-11-16/h3-11,13H,12H2,1-2H3,(H,23,24). The molecule has 0 aliphatic rings. The quantitative estimate of drug-likeness (QED) is 0.728. The van der Waals surface area contributed by atoms with Crippen LogP contribution in [0, 0.1) is 6.92 Å². The molecule has 0 radical (unpaired) electrons. The molecule has 0 aliphatic heterocycles. The van der Waals surface area contributed by atoms with Crippen LogP contribution < -0.4 is 0 Å². The van der Waals surface area contributed by atoms with Crippen molar-refractivity contribution in [2.75, 3.05) is 7.05 Å². The first-order valence-electron chi connectivity index (χ1n) is 8.17. The van der Waals surface area contributed by atoms with Gasteiger partial charge in [0, 0.05) is 31.2 Å². The number of benzene rings is 1. The predicted octanol–water partition coefficient (Wildman–Crippen LogP) is 3.21. The number of carbonyl (C=O) groups is 1. The first-order valence-corrected chi connectivity index (χ1v) is 9.61. The number of nitrogens with zero attached hydrogens (tertiary/aromatic N) is 3. The minimum atomic E-state index is -3.88. The topological polar surface area (TPSA) is 92.5 Å². The van der Waals surface area contributed by atoms with Crippen molar-refractivity contribution in [3.8, 4) is 11.3 Å². The van der Waals surface area contributed by atoms with Crippen LogP contribution in [0.25, 0.3) is 11.3 Å². The summed E-state index contributed by atoms with van der Waals surface area (Å²) in [6.07, 6.45) is 3.17. The van der Waals surface area contributed by atoms with E-state index in [2.05, 4.69) is 4.98 Å². The van der Waals surface area contributed by atoms with Gasteiger partial charge < -0.3 is 10.0 Å². The highest BCUT2D eigenvalue weighted by atomic mass is 32.2. The Kier molecular flexibility index (Phi) is 5.00. The van der Waals surface area contributed by atoms with E-state index in [4.69, 9.17) is 5.11 Å². The summed E-state index contributed by atoms with van der Waals surface area (Å²) in [5.74, 6) is 0. The number of hydrogen-bond acceptors (Lipinski definition) is 4. The Morgan fingerprint density at radius 2 is 1.96 bits per heavy atom. The van der Waals surface area contributed by atoms with Gasteiger partial charge in [-0.1, -0.05) is 24.3 Å². The monoisotopic (exact) mass is 385 g/mol. The van der Waals surface area contributed by atoms with Crippen LogP contribution in [0.15, 0.2) is 66.0 Å². The number of rotatable bonds is 5. The average molecular weight is 385 g/mol. The molecule has 2 heterocycles. The third-order valence-corrected chi connectivity index (χ3v) is 5.86. The highest BCUT2D eigenvalue weighted by Gasteiger charge is 2.23. The first kappa shape index (κ1) is 18.7. The maximum atomic E-state index is 13.2. The van der Waals surface area contributed by atoms with Gasteiger partial charge in [-0.05, 0) is 36.2 Å². The molecule has 1 aromatic carbocycles. The molecule has 0 atom stereocenters. The van der Waals surface area contributed by atoms with E-state index >= 15 is 0 Å². The van der Waals surface area contributed by atoms with Crippen molar-refractivity contribution in [3.63, 3.8) is 0 Å². The number of pyridine rings is 1. The highest BCUT2D eigenvalue weighted by molar-refractivity contribution is 7.90. The van der Waals surface area contributed by atoms with Gasteiger partial charge in [0.05, 0.1) is 12.2 Å². The summed E-state index contributed by atoms with van der Waals surface area (Å²) in [4.78, 5) is 16.2. The molecule has 0 saturated carbocycles. The molecule has 1 N–H and O–H groups in total. The maximum absolute atomic E-state index is 13.2. The van der Waals surface area contributed by atoms with Gasteiger partial charge in [0.15, 0.2) is 0 Å². The Morgan fingerprint density at radius 1 is 1.22 bits per heavy atom. The summed E-state index contributed by atoms with van der Waals surface area (Å²) < 4.78 is 27.5. The lowest BCUT2D eigenvalue weighted by molar-refractivity contribution is 0.154. The average Bonchev–Trinajstić information content (AvgIpc) is 3.07. The molecule has 8 heteroatoms. The largest absolute Gasteiger partial charge is 0.465 e. The van der Waals surface area contributed by atoms with Crippen LogP contribution in [-0.4, -0.2) is 40.5 Å². The number of aromatic nitrogens is 2. The molecular weight excluding hydrogens is 366 g/mol. The molecule has 1 amide bonds. The molecule has 3 rings (SSSR count). The number of aryl methyl sites for hydroxylation is 1. The fraction of sp³-hybridized carbons (Fsp3) is 0.158. The SMILES string of the molecule is Cc1ccccc1-c1cc(CN(C)C(=O)O)cn1S(=O)(=O)c1cccnc1. The van der Waals surface area contributed by atoms with E-state index in [0.717, 1.165) is 16.0 Å². The molecule has 0 bridgehead atoms. The predicted molar refractivity (Wildman–Crippen MR) is 101 cm³/mol. The summed E-state index contributed by atoms with van der Waals surface area (Å²) in [6.45, 7) is 1.97. The summed E-state index contributed by atoms with van der Waals surface area (Å²) >= 11 is 0. The second kappa shape index (κ2) is 7.24. The number of hydrogen-bond donors (Lipinski definition) is 1. The molecule has 7 nitrogen and oxygen atoms in total. The fourth-order valence-corrected chi connectivity index (χ4v) is 4.15. The Labute approximate surface area is 157 Å². The smallest absolute Gasteiger partial charge is 0.407 e. The van der Waals surface area contributed by atoms with Crippen molar-refractivity contribution in [1.82, 2.24) is 13.9 Å². The fourth-order valence-electron chi connectivity index (χ4n) is 2.79. The highest BCUT2D eigenvalue weighted by Crippen LogP contribution is 2.29. The Hall–Kier alpha value is -3.13. The van der Waals surface area contributed by atoms with Crippen LogP contribution in [0.3, 0.4) is 0 Å². The van der Waals surface area contributed by atoms with Crippen molar-refractivity contribution in [3.05, 3.63) is 72.2 Å². The van der Waals surface area contributed by atoms with E-state index in [1.807, 2.05) is 31.2 Å². The zero-order valence-corrected chi connectivity index (χ0v) is 15.7. The summed E-state index contributed by atoms with van der Waals surface area (Å²) in [7, 11) is -2.45. The van der Waals surface area contributed by atoms with Gasteiger partial charge in [0.1, 0.15) is 4.90 Å². The zero-order chi connectivity index (χ0) is 19.6. The van der Waals surface area contributed by atoms with E-state index < -0.39 is 16.1 Å². The Morgan fingerprint density at radius 3 is 2.59 bits per heavy atom. The summed E-state index contributed by atoms with van der Waals surface area (Å²) in [6, 6.07) is 12.2. The first-order chi connectivity index (χ1) is 12.8. The summed E-state index contributed by atoms with van der Waals surface area (Å²) in [5.41, 5.74) is 2.72. The molecule has 0 saturated heterocycles. The molecular formula is C19H19N3O4S. The van der Waals surface area contributed by atoms with Crippen LogP contribution >= 0.6 is 0 Å². The van der Waals surface area contributed by atoms with Crippen molar-refractivity contribution in [2.45, 2.75) is 18.4 Å². The van der Waals surface area contributed by atoms with Gasteiger partial charge in [0.25, 0.3) is 10.0 Å². The Bertz CT molecular complexity index is 1080. The molecule has 0 unspecified atom stereocenters. The second-order valence-corrected chi connectivity index (χ2v) is 7.99. The summed E-state index contributed by atoms with van der Waals surface area (Å²) in [5, 5.41) is 9.11. The van der Waals surface area contributed by atoms with E-state index in [1.54, 1.807) is 12.1 Å². The third kappa shape index (κ3) is 3.70. The van der Waals surface area contributed by atoms with Gasteiger partial charge >= 0.3 is 6.09 Å². The van der Waals surface area contributed by atoms with Crippen molar-refractivity contribution in [2.24, 2.45) is 0 Å². The Balaban J connectivity index is 2.18. The third-order valence-electron chi connectivity index (χ3n) is 4.20. The van der Waals surface area contributed by atoms with E-state index in [9.17, 15) is 13.2 Å². The van der Waals surface area contributed by atoms with E-state index in [1.165, 1.54) is 35.7 Å². The zero-order valence-electron chi connectivity index (χ0n) is 14.9. The minimum Gasteiger partial charge on any atom is -0.465 e. The van der Waals surface area contributed by atoms with E-state index in [0.29, 0.717) is 11.3 Å². The van der Waals surface area contributed by atoms with Crippen LogP contribution in [0.1, 0.15) is 11.1 Å². The lowest BCUT2D eigenvalue weighted by Gasteiger charge is -2.12. The van der Waals surface area contributed by atoms with Crippen molar-refractivity contribution >= 4 is 16.1 Å². The lowest BCUT2D eigenvalue weighted by Crippen LogP contribution is -2.23. The van der Waals surface area contributed by atoms with Crippen LogP contribution in [-0.2, 0) is 16.6 Å². The normalized spacial score (nSPS) is 11.3. The van der Waals surface area contributed by atoms with Gasteiger partial charge in [-0.3, -0.25) is 4.98 Å².